The van der Waals surface area contributed by atoms with Crippen LogP contribution in [0.1, 0.15) is 29.2 Å². The Labute approximate surface area is 118 Å². The minimum atomic E-state index is 0.126. The molecule has 0 fully saturated rings. The molecule has 0 unspecified atom stereocenters. The SMILES string of the molecule is Cc1cc(CNc2cccnc2OC(C)C)c(C)s1. The number of aromatic nitrogens is 1. The van der Waals surface area contributed by atoms with E-state index in [2.05, 4.69) is 30.2 Å². The van der Waals surface area contributed by atoms with Gasteiger partial charge in [0.25, 0.3) is 0 Å². The van der Waals surface area contributed by atoms with Crippen molar-refractivity contribution < 1.29 is 4.74 Å². The fourth-order valence-electron chi connectivity index (χ4n) is 1.89. The number of hydrogen-bond donors (Lipinski definition) is 1. The Balaban J connectivity index is 2.09. The molecule has 0 aromatic carbocycles. The Hall–Kier alpha value is -1.55. The number of anilines is 1. The fourth-order valence-corrected chi connectivity index (χ4v) is 2.84. The monoisotopic (exact) mass is 276 g/mol. The van der Waals surface area contributed by atoms with Crippen molar-refractivity contribution in [2.45, 2.75) is 40.3 Å². The van der Waals surface area contributed by atoms with Gasteiger partial charge in [-0.15, -0.1) is 11.3 Å². The lowest BCUT2D eigenvalue weighted by molar-refractivity contribution is 0.234. The van der Waals surface area contributed by atoms with E-state index in [9.17, 15) is 0 Å². The second-order valence-electron chi connectivity index (χ2n) is 4.81. The minimum absolute atomic E-state index is 0.126. The molecule has 0 spiro atoms. The second kappa shape index (κ2) is 6.06. The molecule has 0 saturated carbocycles. The molecule has 0 saturated heterocycles. The third-order valence-electron chi connectivity index (χ3n) is 2.73. The highest BCUT2D eigenvalue weighted by Gasteiger charge is 2.08. The lowest BCUT2D eigenvalue weighted by Crippen LogP contribution is -2.10. The van der Waals surface area contributed by atoms with Crippen LogP contribution in [0.4, 0.5) is 5.69 Å². The summed E-state index contributed by atoms with van der Waals surface area (Å²) < 4.78 is 5.70. The zero-order valence-electron chi connectivity index (χ0n) is 11.9. The Kier molecular flexibility index (Phi) is 4.43. The summed E-state index contributed by atoms with van der Waals surface area (Å²) in [6, 6.07) is 6.15. The van der Waals surface area contributed by atoms with Crippen LogP contribution in [0.2, 0.25) is 0 Å². The van der Waals surface area contributed by atoms with Crippen LogP contribution in [-0.4, -0.2) is 11.1 Å². The van der Waals surface area contributed by atoms with E-state index in [1.165, 1.54) is 15.3 Å². The van der Waals surface area contributed by atoms with E-state index in [4.69, 9.17) is 4.74 Å². The molecule has 0 amide bonds. The maximum Gasteiger partial charge on any atom is 0.237 e. The van der Waals surface area contributed by atoms with E-state index in [0.717, 1.165) is 12.2 Å². The first-order chi connectivity index (χ1) is 9.06. The zero-order valence-corrected chi connectivity index (χ0v) is 12.7. The van der Waals surface area contributed by atoms with E-state index >= 15 is 0 Å². The Morgan fingerprint density at radius 3 is 2.79 bits per heavy atom. The number of nitrogens with zero attached hydrogens (tertiary/aromatic N) is 1. The van der Waals surface area contributed by atoms with Gasteiger partial charge in [-0.2, -0.15) is 0 Å². The van der Waals surface area contributed by atoms with Crippen molar-refractivity contribution in [3.63, 3.8) is 0 Å². The third-order valence-corrected chi connectivity index (χ3v) is 3.74. The fraction of sp³-hybridized carbons (Fsp3) is 0.400. The molecular formula is C15H20N2OS. The summed E-state index contributed by atoms with van der Waals surface area (Å²) in [5.74, 6) is 0.669. The molecule has 0 aliphatic heterocycles. The van der Waals surface area contributed by atoms with Gasteiger partial charge in [-0.25, -0.2) is 4.98 Å². The van der Waals surface area contributed by atoms with Crippen molar-refractivity contribution in [2.75, 3.05) is 5.32 Å². The lowest BCUT2D eigenvalue weighted by atomic mass is 10.2. The van der Waals surface area contributed by atoms with Crippen molar-refractivity contribution in [1.82, 2.24) is 4.98 Å². The molecule has 0 radical (unpaired) electrons. The van der Waals surface area contributed by atoms with Crippen molar-refractivity contribution in [1.29, 1.82) is 0 Å². The molecule has 102 valence electrons. The molecule has 19 heavy (non-hydrogen) atoms. The van der Waals surface area contributed by atoms with Gasteiger partial charge < -0.3 is 10.1 Å². The number of rotatable bonds is 5. The summed E-state index contributed by atoms with van der Waals surface area (Å²) in [4.78, 5) is 6.98. The molecule has 2 rings (SSSR count). The second-order valence-corrected chi connectivity index (χ2v) is 6.28. The molecule has 3 nitrogen and oxygen atoms in total. The number of hydrogen-bond acceptors (Lipinski definition) is 4. The van der Waals surface area contributed by atoms with Crippen molar-refractivity contribution >= 4 is 17.0 Å². The predicted octanol–water partition coefficient (Wildman–Crippen LogP) is 4.16. The van der Waals surface area contributed by atoms with E-state index in [1.54, 1.807) is 6.20 Å². The van der Waals surface area contributed by atoms with Crippen molar-refractivity contribution in [3.05, 3.63) is 39.7 Å². The van der Waals surface area contributed by atoms with Crippen LogP contribution in [0.15, 0.2) is 24.4 Å². The zero-order chi connectivity index (χ0) is 13.8. The molecule has 2 heterocycles. The molecule has 0 aliphatic carbocycles. The van der Waals surface area contributed by atoms with Crippen LogP contribution < -0.4 is 10.1 Å². The van der Waals surface area contributed by atoms with Gasteiger partial charge in [-0.3, -0.25) is 0 Å². The summed E-state index contributed by atoms with van der Waals surface area (Å²) in [5, 5.41) is 3.41. The highest BCUT2D eigenvalue weighted by Crippen LogP contribution is 2.25. The van der Waals surface area contributed by atoms with Gasteiger partial charge in [0.2, 0.25) is 5.88 Å². The topological polar surface area (TPSA) is 34.2 Å². The average molecular weight is 276 g/mol. The largest absolute Gasteiger partial charge is 0.473 e. The summed E-state index contributed by atoms with van der Waals surface area (Å²) in [6.07, 6.45) is 1.88. The van der Waals surface area contributed by atoms with Crippen molar-refractivity contribution in [2.24, 2.45) is 0 Å². The number of pyridine rings is 1. The van der Waals surface area contributed by atoms with Crippen LogP contribution in [0.25, 0.3) is 0 Å². The van der Waals surface area contributed by atoms with Crippen LogP contribution in [0.5, 0.6) is 5.88 Å². The van der Waals surface area contributed by atoms with Gasteiger partial charge in [-0.05, 0) is 51.5 Å². The summed E-state index contributed by atoms with van der Waals surface area (Å²) in [7, 11) is 0. The summed E-state index contributed by atoms with van der Waals surface area (Å²) >= 11 is 1.83. The molecule has 2 aromatic heterocycles. The normalized spacial score (nSPS) is 10.8. The minimum Gasteiger partial charge on any atom is -0.473 e. The van der Waals surface area contributed by atoms with E-state index in [0.29, 0.717) is 5.88 Å². The molecule has 1 N–H and O–H groups in total. The first kappa shape index (κ1) is 13.9. The van der Waals surface area contributed by atoms with E-state index < -0.39 is 0 Å². The maximum atomic E-state index is 5.70. The average Bonchev–Trinajstić information content (AvgIpc) is 2.66. The van der Waals surface area contributed by atoms with Gasteiger partial charge in [0, 0.05) is 22.5 Å². The van der Waals surface area contributed by atoms with Crippen LogP contribution in [-0.2, 0) is 6.54 Å². The van der Waals surface area contributed by atoms with Gasteiger partial charge in [-0.1, -0.05) is 0 Å². The predicted molar refractivity (Wildman–Crippen MR) is 81.1 cm³/mol. The Bertz CT molecular complexity index is 549. The molecule has 2 aromatic rings. The molecular weight excluding hydrogens is 256 g/mol. The molecule has 0 atom stereocenters. The number of nitrogens with one attached hydrogen (secondary N) is 1. The first-order valence-electron chi connectivity index (χ1n) is 6.47. The molecule has 0 bridgehead atoms. The molecule has 4 heteroatoms. The van der Waals surface area contributed by atoms with Crippen LogP contribution >= 0.6 is 11.3 Å². The Morgan fingerprint density at radius 1 is 1.37 bits per heavy atom. The third kappa shape index (κ3) is 3.70. The van der Waals surface area contributed by atoms with Crippen LogP contribution in [0, 0.1) is 13.8 Å². The first-order valence-corrected chi connectivity index (χ1v) is 7.29. The van der Waals surface area contributed by atoms with Gasteiger partial charge in [0.05, 0.1) is 11.8 Å². The standard InChI is InChI=1S/C15H20N2OS/c1-10(2)18-15-14(6-5-7-16-15)17-9-13-8-11(3)19-12(13)4/h5-8,10,17H,9H2,1-4H3. The number of thiophene rings is 1. The lowest BCUT2D eigenvalue weighted by Gasteiger charge is -2.14. The highest BCUT2D eigenvalue weighted by molar-refractivity contribution is 7.12. The highest BCUT2D eigenvalue weighted by atomic mass is 32.1. The molecule has 0 aliphatic rings. The quantitative estimate of drug-likeness (QED) is 0.890. The summed E-state index contributed by atoms with van der Waals surface area (Å²) in [5.41, 5.74) is 2.28. The summed E-state index contributed by atoms with van der Waals surface area (Å²) in [6.45, 7) is 9.11. The van der Waals surface area contributed by atoms with Gasteiger partial charge in [0.15, 0.2) is 0 Å². The Morgan fingerprint density at radius 2 is 2.16 bits per heavy atom. The van der Waals surface area contributed by atoms with Gasteiger partial charge >= 0.3 is 0 Å². The van der Waals surface area contributed by atoms with E-state index in [1.807, 2.05) is 37.3 Å². The van der Waals surface area contributed by atoms with Crippen molar-refractivity contribution in [3.8, 4) is 5.88 Å². The maximum absolute atomic E-state index is 5.70. The number of aryl methyl sites for hydroxylation is 2. The number of ether oxygens (including phenoxy) is 1. The van der Waals surface area contributed by atoms with Gasteiger partial charge in [0.1, 0.15) is 0 Å². The van der Waals surface area contributed by atoms with Crippen LogP contribution in [0.3, 0.4) is 0 Å². The smallest absolute Gasteiger partial charge is 0.237 e. The van der Waals surface area contributed by atoms with E-state index in [-0.39, 0.29) is 6.10 Å².